The lowest BCUT2D eigenvalue weighted by Gasteiger charge is -2.38. The largest absolute Gasteiger partial charge is 0.463 e. The SMILES string of the molecule is Cc1cc(C(=O)N2CC(Oc3nccs3)C2)n2nc(C)cc2n1. The number of carbonyl (C=O) groups excluding carboxylic acids is 1. The number of amides is 1. The number of carbonyl (C=O) groups is 1. The highest BCUT2D eigenvalue weighted by molar-refractivity contribution is 7.11. The lowest BCUT2D eigenvalue weighted by Crippen LogP contribution is -2.56. The predicted molar refractivity (Wildman–Crippen MR) is 84.9 cm³/mol. The van der Waals surface area contributed by atoms with Gasteiger partial charge in [-0.05, 0) is 19.9 Å². The molecule has 118 valence electrons. The third-order valence-electron chi connectivity index (χ3n) is 3.71. The Morgan fingerprint density at radius 1 is 1.30 bits per heavy atom. The van der Waals surface area contributed by atoms with E-state index in [4.69, 9.17) is 4.74 Å². The van der Waals surface area contributed by atoms with Gasteiger partial charge in [-0.15, -0.1) is 0 Å². The van der Waals surface area contributed by atoms with Crippen LogP contribution in [0.4, 0.5) is 0 Å². The van der Waals surface area contributed by atoms with E-state index in [1.807, 2.05) is 25.3 Å². The second-order valence-corrected chi connectivity index (χ2v) is 6.44. The van der Waals surface area contributed by atoms with Gasteiger partial charge < -0.3 is 9.64 Å². The molecule has 8 heteroatoms. The summed E-state index contributed by atoms with van der Waals surface area (Å²) in [7, 11) is 0. The lowest BCUT2D eigenvalue weighted by atomic mass is 10.1. The van der Waals surface area contributed by atoms with Gasteiger partial charge in [-0.3, -0.25) is 4.79 Å². The summed E-state index contributed by atoms with van der Waals surface area (Å²) in [5.41, 5.74) is 2.87. The number of ether oxygens (including phenoxy) is 1. The van der Waals surface area contributed by atoms with E-state index in [1.54, 1.807) is 21.7 Å². The first-order valence-corrected chi connectivity index (χ1v) is 8.17. The van der Waals surface area contributed by atoms with Gasteiger partial charge in [-0.25, -0.2) is 14.5 Å². The maximum atomic E-state index is 12.7. The minimum absolute atomic E-state index is 0.00267. The number of likely N-dealkylation sites (tertiary alicyclic amines) is 1. The van der Waals surface area contributed by atoms with Crippen molar-refractivity contribution in [2.45, 2.75) is 20.0 Å². The van der Waals surface area contributed by atoms with E-state index in [1.165, 1.54) is 11.3 Å². The van der Waals surface area contributed by atoms with Gasteiger partial charge in [0.15, 0.2) is 5.65 Å². The molecule has 1 fully saturated rings. The lowest BCUT2D eigenvalue weighted by molar-refractivity contribution is 0.0170. The predicted octanol–water partition coefficient (Wildman–Crippen LogP) is 1.71. The summed E-state index contributed by atoms with van der Waals surface area (Å²) in [5, 5.41) is 6.88. The van der Waals surface area contributed by atoms with Crippen molar-refractivity contribution in [3.63, 3.8) is 0 Å². The Kier molecular flexibility index (Phi) is 3.26. The van der Waals surface area contributed by atoms with Crippen LogP contribution >= 0.6 is 11.3 Å². The highest BCUT2D eigenvalue weighted by Gasteiger charge is 2.34. The summed E-state index contributed by atoms with van der Waals surface area (Å²) >= 11 is 1.45. The third-order valence-corrected chi connectivity index (χ3v) is 4.37. The number of thiazole rings is 1. The zero-order chi connectivity index (χ0) is 16.0. The Balaban J connectivity index is 1.52. The first-order valence-electron chi connectivity index (χ1n) is 7.29. The molecule has 0 aliphatic carbocycles. The van der Waals surface area contributed by atoms with E-state index in [9.17, 15) is 4.79 Å². The van der Waals surface area contributed by atoms with Crippen LogP contribution in [0, 0.1) is 13.8 Å². The molecule has 0 spiro atoms. The summed E-state index contributed by atoms with van der Waals surface area (Å²) in [4.78, 5) is 23.0. The van der Waals surface area contributed by atoms with Crippen LogP contribution in [0.25, 0.3) is 5.65 Å². The summed E-state index contributed by atoms with van der Waals surface area (Å²) in [6.07, 6.45) is 1.71. The number of hydrogen-bond acceptors (Lipinski definition) is 6. The number of hydrogen-bond donors (Lipinski definition) is 0. The zero-order valence-corrected chi connectivity index (χ0v) is 13.6. The van der Waals surface area contributed by atoms with Crippen molar-refractivity contribution in [3.8, 4) is 5.19 Å². The molecule has 4 rings (SSSR count). The Hall–Kier alpha value is -2.48. The van der Waals surface area contributed by atoms with Gasteiger partial charge in [0.2, 0.25) is 0 Å². The summed E-state index contributed by atoms with van der Waals surface area (Å²) < 4.78 is 7.31. The van der Waals surface area contributed by atoms with E-state index in [0.29, 0.717) is 29.6 Å². The zero-order valence-electron chi connectivity index (χ0n) is 12.8. The van der Waals surface area contributed by atoms with Gasteiger partial charge in [0, 0.05) is 23.3 Å². The number of fused-ring (bicyclic) bond motifs is 1. The maximum Gasteiger partial charge on any atom is 0.273 e. The standard InChI is InChI=1S/C15H15N5O2S/c1-9-5-12(20-13(17-9)6-10(2)18-20)14(21)19-7-11(8-19)22-15-16-3-4-23-15/h3-6,11H,7-8H2,1-2H3. The van der Waals surface area contributed by atoms with Gasteiger partial charge in [-0.1, -0.05) is 11.3 Å². The molecule has 3 aromatic rings. The van der Waals surface area contributed by atoms with Gasteiger partial charge >= 0.3 is 0 Å². The second-order valence-electron chi connectivity index (χ2n) is 5.59. The maximum absolute atomic E-state index is 12.7. The highest BCUT2D eigenvalue weighted by atomic mass is 32.1. The smallest absolute Gasteiger partial charge is 0.273 e. The van der Waals surface area contributed by atoms with E-state index < -0.39 is 0 Å². The van der Waals surface area contributed by atoms with Crippen LogP contribution in [-0.2, 0) is 0 Å². The summed E-state index contributed by atoms with van der Waals surface area (Å²) in [6, 6.07) is 3.64. The molecule has 1 aliphatic heterocycles. The van der Waals surface area contributed by atoms with E-state index in [0.717, 1.165) is 11.4 Å². The molecule has 1 amide bonds. The Morgan fingerprint density at radius 2 is 2.13 bits per heavy atom. The van der Waals surface area contributed by atoms with Gasteiger partial charge in [-0.2, -0.15) is 5.10 Å². The molecule has 23 heavy (non-hydrogen) atoms. The van der Waals surface area contributed by atoms with Crippen LogP contribution < -0.4 is 4.74 Å². The fraction of sp³-hybridized carbons (Fsp3) is 0.333. The molecule has 0 bridgehead atoms. The number of aryl methyl sites for hydroxylation is 2. The summed E-state index contributed by atoms with van der Waals surface area (Å²) in [6.45, 7) is 4.88. The molecule has 1 aliphatic rings. The van der Waals surface area contributed by atoms with Crippen molar-refractivity contribution in [1.29, 1.82) is 0 Å². The minimum Gasteiger partial charge on any atom is -0.463 e. The Labute approximate surface area is 136 Å². The Morgan fingerprint density at radius 3 is 2.87 bits per heavy atom. The first kappa shape index (κ1) is 14.1. The van der Waals surface area contributed by atoms with Crippen LogP contribution in [0.1, 0.15) is 21.9 Å². The van der Waals surface area contributed by atoms with E-state index in [-0.39, 0.29) is 12.0 Å². The van der Waals surface area contributed by atoms with Crippen LogP contribution in [0.15, 0.2) is 23.7 Å². The molecule has 7 nitrogen and oxygen atoms in total. The van der Waals surface area contributed by atoms with Crippen LogP contribution in [0.2, 0.25) is 0 Å². The molecule has 1 saturated heterocycles. The van der Waals surface area contributed by atoms with Crippen LogP contribution in [-0.4, -0.2) is 49.6 Å². The molecule has 4 heterocycles. The van der Waals surface area contributed by atoms with Gasteiger partial charge in [0.05, 0.1) is 18.8 Å². The molecule has 0 aromatic carbocycles. The fourth-order valence-electron chi connectivity index (χ4n) is 2.62. The van der Waals surface area contributed by atoms with Gasteiger partial charge in [0.1, 0.15) is 11.8 Å². The third kappa shape index (κ3) is 2.55. The average molecular weight is 329 g/mol. The second kappa shape index (κ2) is 5.31. The molecule has 0 radical (unpaired) electrons. The Bertz CT molecular complexity index is 868. The topological polar surface area (TPSA) is 72.6 Å². The fourth-order valence-corrected chi connectivity index (χ4v) is 3.17. The molecule has 0 atom stereocenters. The monoisotopic (exact) mass is 329 g/mol. The average Bonchev–Trinajstić information content (AvgIpc) is 3.09. The molecule has 0 unspecified atom stereocenters. The quantitative estimate of drug-likeness (QED) is 0.731. The van der Waals surface area contributed by atoms with E-state index in [2.05, 4.69) is 15.1 Å². The van der Waals surface area contributed by atoms with Crippen molar-refractivity contribution in [3.05, 3.63) is 40.8 Å². The van der Waals surface area contributed by atoms with Crippen molar-refractivity contribution < 1.29 is 9.53 Å². The van der Waals surface area contributed by atoms with Crippen LogP contribution in [0.5, 0.6) is 5.19 Å². The molecule has 3 aromatic heterocycles. The minimum atomic E-state index is -0.0532. The normalized spacial score (nSPS) is 15.0. The molecular weight excluding hydrogens is 314 g/mol. The summed E-state index contributed by atoms with van der Waals surface area (Å²) in [5.74, 6) is -0.0532. The molecule has 0 N–H and O–H groups in total. The molecular formula is C15H15N5O2S. The highest BCUT2D eigenvalue weighted by Crippen LogP contribution is 2.22. The molecule has 0 saturated carbocycles. The van der Waals surface area contributed by atoms with E-state index >= 15 is 0 Å². The van der Waals surface area contributed by atoms with Gasteiger partial charge in [0.25, 0.3) is 11.1 Å². The number of rotatable bonds is 3. The number of nitrogens with zero attached hydrogens (tertiary/aromatic N) is 5. The van der Waals surface area contributed by atoms with Crippen molar-refractivity contribution in [2.24, 2.45) is 0 Å². The first-order chi connectivity index (χ1) is 11.1. The van der Waals surface area contributed by atoms with Crippen molar-refractivity contribution in [2.75, 3.05) is 13.1 Å². The number of aromatic nitrogens is 4. The van der Waals surface area contributed by atoms with Crippen molar-refractivity contribution >= 4 is 22.9 Å². The van der Waals surface area contributed by atoms with Crippen molar-refractivity contribution in [1.82, 2.24) is 24.5 Å². The van der Waals surface area contributed by atoms with Crippen LogP contribution in [0.3, 0.4) is 0 Å².